The van der Waals surface area contributed by atoms with Crippen LogP contribution in [-0.2, 0) is 5.41 Å². The molecule has 1 saturated carbocycles. The Balaban J connectivity index is 0.00000168. The molecule has 0 amide bonds. The minimum Gasteiger partial charge on any atom is -0.338 e. The number of nitrogens with zero attached hydrogens (tertiary/aromatic N) is 4. The van der Waals surface area contributed by atoms with Gasteiger partial charge in [-0.3, -0.25) is 4.79 Å². The Labute approximate surface area is 155 Å². The summed E-state index contributed by atoms with van der Waals surface area (Å²) in [6, 6.07) is 1.66. The van der Waals surface area contributed by atoms with Gasteiger partial charge in [-0.05, 0) is 38.8 Å². The normalized spacial score (nSPS) is 19.4. The molecule has 0 atom stereocenters. The van der Waals surface area contributed by atoms with E-state index in [4.69, 9.17) is 4.52 Å². The quantitative estimate of drug-likeness (QED) is 0.725. The molecule has 0 radical (unpaired) electrons. The van der Waals surface area contributed by atoms with E-state index in [1.54, 1.807) is 12.3 Å². The van der Waals surface area contributed by atoms with Crippen LogP contribution < -0.4 is 10.9 Å². The SMILES string of the molecule is CC1(c2nc(-c3cnn4c(C5CCNCC5)cc(=O)[nH]c34)no2)CC1.Cl. The zero-order valence-corrected chi connectivity index (χ0v) is 15.3. The average Bonchev–Trinajstić information content (AvgIpc) is 3.03. The molecule has 1 saturated heterocycles. The van der Waals surface area contributed by atoms with Crippen LogP contribution in [0, 0.1) is 0 Å². The summed E-state index contributed by atoms with van der Waals surface area (Å²) < 4.78 is 7.26. The van der Waals surface area contributed by atoms with Gasteiger partial charge in [0.05, 0.1) is 17.5 Å². The van der Waals surface area contributed by atoms with Crippen molar-refractivity contribution < 1.29 is 4.52 Å². The third kappa shape index (κ3) is 2.73. The van der Waals surface area contributed by atoms with Gasteiger partial charge in [0.2, 0.25) is 11.7 Å². The highest BCUT2D eigenvalue weighted by Gasteiger charge is 2.44. The summed E-state index contributed by atoms with van der Waals surface area (Å²) >= 11 is 0. The Morgan fingerprint density at radius 3 is 2.81 bits per heavy atom. The lowest BCUT2D eigenvalue weighted by atomic mass is 9.94. The largest absolute Gasteiger partial charge is 0.338 e. The summed E-state index contributed by atoms with van der Waals surface area (Å²) in [4.78, 5) is 19.7. The molecule has 0 aromatic carbocycles. The van der Waals surface area contributed by atoms with Crippen molar-refractivity contribution in [2.75, 3.05) is 13.1 Å². The summed E-state index contributed by atoms with van der Waals surface area (Å²) in [5.74, 6) is 1.47. The number of piperidine rings is 1. The van der Waals surface area contributed by atoms with Gasteiger partial charge in [-0.15, -0.1) is 12.4 Å². The number of fused-ring (bicyclic) bond motifs is 1. The van der Waals surface area contributed by atoms with Crippen molar-refractivity contribution in [2.24, 2.45) is 0 Å². The van der Waals surface area contributed by atoms with Crippen molar-refractivity contribution in [3.63, 3.8) is 0 Å². The van der Waals surface area contributed by atoms with E-state index in [-0.39, 0.29) is 23.4 Å². The number of hydrogen-bond donors (Lipinski definition) is 2. The topological polar surface area (TPSA) is 101 Å². The average molecular weight is 377 g/mol. The molecule has 138 valence electrons. The van der Waals surface area contributed by atoms with Crippen LogP contribution in [0.3, 0.4) is 0 Å². The zero-order chi connectivity index (χ0) is 17.0. The first-order valence-corrected chi connectivity index (χ1v) is 8.80. The van der Waals surface area contributed by atoms with Crippen LogP contribution in [0.2, 0.25) is 0 Å². The Hall–Kier alpha value is -2.19. The molecule has 5 rings (SSSR count). The van der Waals surface area contributed by atoms with Crippen LogP contribution >= 0.6 is 12.4 Å². The third-order valence-corrected chi connectivity index (χ3v) is 5.48. The summed E-state index contributed by atoms with van der Waals surface area (Å²) in [5.41, 5.74) is 2.17. The van der Waals surface area contributed by atoms with Crippen LogP contribution in [-0.4, -0.2) is 37.8 Å². The fraction of sp³-hybridized carbons (Fsp3) is 0.529. The lowest BCUT2D eigenvalue weighted by Gasteiger charge is -2.23. The first-order chi connectivity index (χ1) is 12.1. The van der Waals surface area contributed by atoms with Crippen LogP contribution in [0.5, 0.6) is 0 Å². The maximum absolute atomic E-state index is 12.2. The lowest BCUT2D eigenvalue weighted by molar-refractivity contribution is 0.353. The molecule has 9 heteroatoms. The van der Waals surface area contributed by atoms with E-state index in [1.807, 2.05) is 4.52 Å². The number of rotatable bonds is 3. The second kappa shape index (κ2) is 6.21. The first-order valence-electron chi connectivity index (χ1n) is 8.80. The van der Waals surface area contributed by atoms with E-state index >= 15 is 0 Å². The molecule has 3 aromatic rings. The second-order valence-corrected chi connectivity index (χ2v) is 7.39. The molecule has 2 fully saturated rings. The molecule has 3 aromatic heterocycles. The van der Waals surface area contributed by atoms with Crippen LogP contribution in [0.4, 0.5) is 0 Å². The van der Waals surface area contributed by atoms with Gasteiger partial charge >= 0.3 is 0 Å². The summed E-state index contributed by atoms with van der Waals surface area (Å²) in [7, 11) is 0. The number of aromatic amines is 1. The van der Waals surface area contributed by atoms with Crippen LogP contribution in [0.25, 0.3) is 17.0 Å². The standard InChI is InChI=1S/C17H20N6O2.ClH/c1-17(4-5-17)16-21-14(22-25-16)11-9-19-23-12(8-13(24)20-15(11)23)10-2-6-18-7-3-10;/h8-10,18H,2-7H2,1H3,(H,20,24);1H. The third-order valence-electron chi connectivity index (χ3n) is 5.48. The van der Waals surface area contributed by atoms with Gasteiger partial charge in [-0.2, -0.15) is 10.1 Å². The Morgan fingerprint density at radius 1 is 1.31 bits per heavy atom. The number of aromatic nitrogens is 5. The summed E-state index contributed by atoms with van der Waals surface area (Å²) in [6.45, 7) is 4.04. The van der Waals surface area contributed by atoms with Crippen molar-refractivity contribution >= 4 is 18.1 Å². The summed E-state index contributed by atoms with van der Waals surface area (Å²) in [6.07, 6.45) is 5.84. The van der Waals surface area contributed by atoms with Gasteiger partial charge in [-0.25, -0.2) is 4.52 Å². The Kier molecular flexibility index (Phi) is 4.11. The van der Waals surface area contributed by atoms with Gasteiger partial charge in [-0.1, -0.05) is 12.1 Å². The number of halogens is 1. The van der Waals surface area contributed by atoms with E-state index in [1.165, 1.54) is 0 Å². The van der Waals surface area contributed by atoms with Crippen molar-refractivity contribution in [2.45, 2.75) is 43.9 Å². The maximum atomic E-state index is 12.2. The Morgan fingerprint density at radius 2 is 2.08 bits per heavy atom. The molecular weight excluding hydrogens is 356 g/mol. The zero-order valence-electron chi connectivity index (χ0n) is 14.5. The van der Waals surface area contributed by atoms with Gasteiger partial charge in [0, 0.05) is 17.4 Å². The number of hydrogen-bond acceptors (Lipinski definition) is 6. The molecule has 1 aliphatic carbocycles. The van der Waals surface area contributed by atoms with Crippen molar-refractivity contribution in [1.82, 2.24) is 30.1 Å². The maximum Gasteiger partial charge on any atom is 0.251 e. The van der Waals surface area contributed by atoms with Gasteiger partial charge < -0.3 is 14.8 Å². The monoisotopic (exact) mass is 376 g/mol. The van der Waals surface area contributed by atoms with Crippen LogP contribution in [0.15, 0.2) is 21.6 Å². The molecule has 8 nitrogen and oxygen atoms in total. The van der Waals surface area contributed by atoms with E-state index < -0.39 is 0 Å². The molecule has 0 spiro atoms. The Bertz CT molecular complexity index is 996. The van der Waals surface area contributed by atoms with E-state index in [2.05, 4.69) is 32.5 Å². The van der Waals surface area contributed by atoms with Crippen LogP contribution in [0.1, 0.15) is 50.1 Å². The molecule has 4 heterocycles. The van der Waals surface area contributed by atoms with Crippen molar-refractivity contribution in [3.8, 4) is 11.4 Å². The van der Waals surface area contributed by atoms with Gasteiger partial charge in [0.25, 0.3) is 5.56 Å². The highest BCUT2D eigenvalue weighted by molar-refractivity contribution is 5.85. The molecule has 0 bridgehead atoms. The molecular formula is C17H21ClN6O2. The number of nitrogens with one attached hydrogen (secondary N) is 2. The number of H-pyrrole nitrogens is 1. The van der Waals surface area contributed by atoms with E-state index in [9.17, 15) is 4.79 Å². The molecule has 2 N–H and O–H groups in total. The highest BCUT2D eigenvalue weighted by atomic mass is 35.5. The van der Waals surface area contributed by atoms with Crippen molar-refractivity contribution in [1.29, 1.82) is 0 Å². The predicted molar refractivity (Wildman–Crippen MR) is 97.8 cm³/mol. The smallest absolute Gasteiger partial charge is 0.251 e. The highest BCUT2D eigenvalue weighted by Crippen LogP contribution is 2.47. The van der Waals surface area contributed by atoms with E-state index in [0.29, 0.717) is 28.8 Å². The minimum absolute atomic E-state index is 0. The first kappa shape index (κ1) is 17.2. The molecule has 0 unspecified atom stereocenters. The van der Waals surface area contributed by atoms with Crippen molar-refractivity contribution in [3.05, 3.63) is 34.2 Å². The fourth-order valence-electron chi connectivity index (χ4n) is 3.56. The minimum atomic E-state index is -0.124. The van der Waals surface area contributed by atoms with Gasteiger partial charge in [0.15, 0.2) is 0 Å². The van der Waals surface area contributed by atoms with E-state index in [0.717, 1.165) is 44.5 Å². The predicted octanol–water partition coefficient (Wildman–Crippen LogP) is 2.01. The second-order valence-electron chi connectivity index (χ2n) is 7.39. The summed E-state index contributed by atoms with van der Waals surface area (Å²) in [5, 5.41) is 12.0. The fourth-order valence-corrected chi connectivity index (χ4v) is 3.56. The van der Waals surface area contributed by atoms with Gasteiger partial charge in [0.1, 0.15) is 5.65 Å². The molecule has 26 heavy (non-hydrogen) atoms. The molecule has 2 aliphatic rings. The molecule has 1 aliphatic heterocycles. The lowest BCUT2D eigenvalue weighted by Crippen LogP contribution is -2.28.